The average molecular weight is 391 g/mol. The summed E-state index contributed by atoms with van der Waals surface area (Å²) in [5.74, 6) is 2.81. The predicted molar refractivity (Wildman–Crippen MR) is 91.3 cm³/mol. The second-order valence-electron chi connectivity index (χ2n) is 4.83. The summed E-state index contributed by atoms with van der Waals surface area (Å²) in [7, 11) is 3.17. The van der Waals surface area contributed by atoms with Gasteiger partial charge in [-0.3, -0.25) is 0 Å². The molecule has 0 amide bonds. The second kappa shape index (κ2) is 7.35. The number of ether oxygens (including phenoxy) is 3. The molecule has 0 fully saturated rings. The fraction of sp³-hybridized carbons (Fsp3) is 0.176. The number of halogens is 1. The van der Waals surface area contributed by atoms with E-state index in [0.29, 0.717) is 23.2 Å². The van der Waals surface area contributed by atoms with E-state index in [9.17, 15) is 0 Å². The first-order valence-electron chi connectivity index (χ1n) is 7.13. The number of rotatable bonds is 6. The molecular weight excluding hydrogens is 376 g/mol. The molecule has 0 aliphatic rings. The summed E-state index contributed by atoms with van der Waals surface area (Å²) in [6.45, 7) is 0.191. The molecule has 0 saturated heterocycles. The normalized spacial score (nSPS) is 10.5. The van der Waals surface area contributed by atoms with E-state index in [4.69, 9.17) is 18.7 Å². The molecule has 6 nitrogen and oxygen atoms in total. The first-order valence-corrected chi connectivity index (χ1v) is 7.92. The largest absolute Gasteiger partial charge is 0.493 e. The molecule has 24 heavy (non-hydrogen) atoms. The molecule has 0 aliphatic carbocycles. The minimum Gasteiger partial charge on any atom is -0.493 e. The van der Waals surface area contributed by atoms with Gasteiger partial charge in [-0.05, 0) is 36.4 Å². The Labute approximate surface area is 147 Å². The van der Waals surface area contributed by atoms with Crippen LogP contribution in [0, 0.1) is 0 Å². The van der Waals surface area contributed by atoms with E-state index in [1.165, 1.54) is 0 Å². The SMILES string of the molecule is COc1ccc(-c2noc(COc3cccc(Br)c3)n2)cc1OC. The maximum absolute atomic E-state index is 5.63. The molecule has 2 aromatic carbocycles. The van der Waals surface area contributed by atoms with Gasteiger partial charge in [0.25, 0.3) is 5.89 Å². The lowest BCUT2D eigenvalue weighted by atomic mass is 10.2. The molecule has 0 saturated carbocycles. The molecule has 0 aliphatic heterocycles. The molecule has 3 aromatic rings. The monoisotopic (exact) mass is 390 g/mol. The maximum Gasteiger partial charge on any atom is 0.264 e. The Hall–Kier alpha value is -2.54. The third kappa shape index (κ3) is 3.68. The highest BCUT2D eigenvalue weighted by Crippen LogP contribution is 2.31. The van der Waals surface area contributed by atoms with Gasteiger partial charge in [-0.2, -0.15) is 4.98 Å². The van der Waals surface area contributed by atoms with Crippen LogP contribution in [0.1, 0.15) is 5.89 Å². The van der Waals surface area contributed by atoms with Gasteiger partial charge < -0.3 is 18.7 Å². The zero-order valence-corrected chi connectivity index (χ0v) is 14.7. The average Bonchev–Trinajstić information content (AvgIpc) is 3.08. The van der Waals surface area contributed by atoms with Crippen molar-refractivity contribution in [3.63, 3.8) is 0 Å². The van der Waals surface area contributed by atoms with Crippen LogP contribution in [0.2, 0.25) is 0 Å². The van der Waals surface area contributed by atoms with Crippen LogP contribution in [-0.4, -0.2) is 24.4 Å². The zero-order chi connectivity index (χ0) is 16.9. The molecule has 3 rings (SSSR count). The quantitative estimate of drug-likeness (QED) is 0.631. The molecule has 0 atom stereocenters. The van der Waals surface area contributed by atoms with Crippen LogP contribution in [0.25, 0.3) is 11.4 Å². The van der Waals surface area contributed by atoms with E-state index in [-0.39, 0.29) is 6.61 Å². The van der Waals surface area contributed by atoms with Crippen LogP contribution in [0.4, 0.5) is 0 Å². The second-order valence-corrected chi connectivity index (χ2v) is 5.74. The Bertz CT molecular complexity index is 835. The smallest absolute Gasteiger partial charge is 0.264 e. The van der Waals surface area contributed by atoms with E-state index in [0.717, 1.165) is 15.8 Å². The minimum absolute atomic E-state index is 0.191. The van der Waals surface area contributed by atoms with Crippen molar-refractivity contribution in [1.29, 1.82) is 0 Å². The van der Waals surface area contributed by atoms with Crippen LogP contribution in [0.5, 0.6) is 17.2 Å². The Morgan fingerprint density at radius 2 is 1.88 bits per heavy atom. The standard InChI is InChI=1S/C17H15BrN2O4/c1-21-14-7-6-11(8-15(14)22-2)17-19-16(24-20-17)10-23-13-5-3-4-12(18)9-13/h3-9H,10H2,1-2H3. The van der Waals surface area contributed by atoms with E-state index in [1.54, 1.807) is 26.4 Å². The lowest BCUT2D eigenvalue weighted by Gasteiger charge is -2.07. The van der Waals surface area contributed by atoms with Crippen molar-refractivity contribution in [2.45, 2.75) is 6.61 Å². The fourth-order valence-electron chi connectivity index (χ4n) is 2.11. The summed E-state index contributed by atoms with van der Waals surface area (Å²) < 4.78 is 22.3. The van der Waals surface area contributed by atoms with Crippen molar-refractivity contribution in [2.75, 3.05) is 14.2 Å². The summed E-state index contributed by atoms with van der Waals surface area (Å²) in [5, 5.41) is 3.98. The highest BCUT2D eigenvalue weighted by atomic mass is 79.9. The maximum atomic E-state index is 5.63. The van der Waals surface area contributed by atoms with E-state index in [1.807, 2.05) is 30.3 Å². The van der Waals surface area contributed by atoms with Crippen LogP contribution in [0.3, 0.4) is 0 Å². The lowest BCUT2D eigenvalue weighted by molar-refractivity contribution is 0.243. The van der Waals surface area contributed by atoms with Crippen molar-refractivity contribution in [3.05, 3.63) is 52.8 Å². The first-order chi connectivity index (χ1) is 11.7. The summed E-state index contributed by atoms with van der Waals surface area (Å²) in [5.41, 5.74) is 0.769. The molecule has 0 spiro atoms. The number of hydrogen-bond acceptors (Lipinski definition) is 6. The molecule has 1 aromatic heterocycles. The van der Waals surface area contributed by atoms with Crippen LogP contribution >= 0.6 is 15.9 Å². The molecule has 0 N–H and O–H groups in total. The molecule has 0 radical (unpaired) electrons. The van der Waals surface area contributed by atoms with Crippen molar-refractivity contribution in [3.8, 4) is 28.6 Å². The van der Waals surface area contributed by atoms with Crippen molar-refractivity contribution < 1.29 is 18.7 Å². The summed E-state index contributed by atoms with van der Waals surface area (Å²) in [4.78, 5) is 4.34. The van der Waals surface area contributed by atoms with E-state index < -0.39 is 0 Å². The first kappa shape index (κ1) is 16.3. The van der Waals surface area contributed by atoms with Gasteiger partial charge in [-0.1, -0.05) is 27.2 Å². The van der Waals surface area contributed by atoms with E-state index >= 15 is 0 Å². The highest BCUT2D eigenvalue weighted by Gasteiger charge is 2.12. The van der Waals surface area contributed by atoms with Gasteiger partial charge in [0.1, 0.15) is 5.75 Å². The van der Waals surface area contributed by atoms with Gasteiger partial charge in [-0.25, -0.2) is 0 Å². The van der Waals surface area contributed by atoms with Crippen molar-refractivity contribution in [2.24, 2.45) is 0 Å². The molecular formula is C17H15BrN2O4. The van der Waals surface area contributed by atoms with Crippen LogP contribution in [-0.2, 0) is 6.61 Å². The lowest BCUT2D eigenvalue weighted by Crippen LogP contribution is -1.95. The third-order valence-corrected chi connectivity index (χ3v) is 3.76. The zero-order valence-electron chi connectivity index (χ0n) is 13.2. The van der Waals surface area contributed by atoms with Gasteiger partial charge in [-0.15, -0.1) is 0 Å². The van der Waals surface area contributed by atoms with Crippen molar-refractivity contribution >= 4 is 15.9 Å². The van der Waals surface area contributed by atoms with Gasteiger partial charge in [0.05, 0.1) is 14.2 Å². The van der Waals surface area contributed by atoms with Crippen molar-refractivity contribution in [1.82, 2.24) is 10.1 Å². The Morgan fingerprint density at radius 3 is 2.62 bits per heavy atom. The molecule has 124 valence electrons. The number of hydrogen-bond donors (Lipinski definition) is 0. The van der Waals surface area contributed by atoms with Crippen LogP contribution < -0.4 is 14.2 Å². The number of methoxy groups -OCH3 is 2. The predicted octanol–water partition coefficient (Wildman–Crippen LogP) is 4.10. The summed E-state index contributed by atoms with van der Waals surface area (Å²) in [6.07, 6.45) is 0. The van der Waals surface area contributed by atoms with Gasteiger partial charge in [0.2, 0.25) is 5.82 Å². The third-order valence-electron chi connectivity index (χ3n) is 3.27. The van der Waals surface area contributed by atoms with Crippen LogP contribution in [0.15, 0.2) is 51.5 Å². The Balaban J connectivity index is 1.73. The summed E-state index contributed by atoms with van der Waals surface area (Å²) >= 11 is 3.39. The molecule has 7 heteroatoms. The fourth-order valence-corrected chi connectivity index (χ4v) is 2.49. The Morgan fingerprint density at radius 1 is 1.04 bits per heavy atom. The Kier molecular flexibility index (Phi) is 5.00. The molecule has 0 unspecified atom stereocenters. The van der Waals surface area contributed by atoms with E-state index in [2.05, 4.69) is 26.1 Å². The molecule has 1 heterocycles. The van der Waals surface area contributed by atoms with Gasteiger partial charge in [0.15, 0.2) is 18.1 Å². The number of aromatic nitrogens is 2. The minimum atomic E-state index is 0.191. The highest BCUT2D eigenvalue weighted by molar-refractivity contribution is 9.10. The molecule has 0 bridgehead atoms. The van der Waals surface area contributed by atoms with Gasteiger partial charge in [0, 0.05) is 10.0 Å². The number of benzene rings is 2. The van der Waals surface area contributed by atoms with Gasteiger partial charge >= 0.3 is 0 Å². The summed E-state index contributed by atoms with van der Waals surface area (Å²) in [6, 6.07) is 13.0. The topological polar surface area (TPSA) is 66.6 Å². The number of nitrogens with zero attached hydrogens (tertiary/aromatic N) is 2.